The van der Waals surface area contributed by atoms with Gasteiger partial charge in [-0.3, -0.25) is 14.5 Å². The number of carbonyl (C=O) groups is 2. The molecule has 1 fully saturated rings. The van der Waals surface area contributed by atoms with E-state index in [9.17, 15) is 9.59 Å². The van der Waals surface area contributed by atoms with Crippen molar-refractivity contribution in [2.75, 3.05) is 62.4 Å². The molecule has 0 radical (unpaired) electrons. The molecule has 5 rings (SSSR count). The van der Waals surface area contributed by atoms with Gasteiger partial charge in [0, 0.05) is 55.2 Å². The summed E-state index contributed by atoms with van der Waals surface area (Å²) in [5.74, 6) is -0.112. The van der Waals surface area contributed by atoms with E-state index in [-0.39, 0.29) is 11.8 Å². The van der Waals surface area contributed by atoms with E-state index in [1.165, 1.54) is 0 Å². The standard InChI is InChI=1S/C30H32ClN5O2/c1-20-17-23(10-12-26(20)35(3)27(37)19-36-15-13-34(2)14-16-36)32-29(21-7-5-4-6-8-21)28-24-11-9-22(31)18-25(24)33-30(28)38/h4-12,17-18,32H,13-16,19H2,1-3H3,(H,33,38). The second-order valence-corrected chi connectivity index (χ2v) is 10.4. The van der Waals surface area contributed by atoms with Crippen LogP contribution < -0.4 is 15.5 Å². The van der Waals surface area contributed by atoms with Crippen LogP contribution in [0.2, 0.25) is 5.02 Å². The normalized spacial score (nSPS) is 17.1. The van der Waals surface area contributed by atoms with Gasteiger partial charge in [-0.05, 0) is 55.4 Å². The highest BCUT2D eigenvalue weighted by Gasteiger charge is 2.29. The Morgan fingerprint density at radius 1 is 1.03 bits per heavy atom. The molecule has 7 nitrogen and oxygen atoms in total. The molecule has 196 valence electrons. The number of hydrogen-bond acceptors (Lipinski definition) is 5. The van der Waals surface area contributed by atoms with Gasteiger partial charge >= 0.3 is 0 Å². The van der Waals surface area contributed by atoms with Gasteiger partial charge in [-0.25, -0.2) is 0 Å². The maximum atomic E-state index is 13.1. The number of nitrogens with one attached hydrogen (secondary N) is 2. The molecule has 2 heterocycles. The first-order valence-corrected chi connectivity index (χ1v) is 13.1. The van der Waals surface area contributed by atoms with E-state index in [1.54, 1.807) is 17.0 Å². The number of piperazine rings is 1. The number of fused-ring (bicyclic) bond motifs is 1. The van der Waals surface area contributed by atoms with E-state index in [2.05, 4.69) is 27.5 Å². The van der Waals surface area contributed by atoms with E-state index in [0.29, 0.717) is 28.5 Å². The van der Waals surface area contributed by atoms with Gasteiger partial charge in [-0.1, -0.05) is 48.0 Å². The van der Waals surface area contributed by atoms with E-state index in [0.717, 1.165) is 54.2 Å². The van der Waals surface area contributed by atoms with Gasteiger partial charge in [0.1, 0.15) is 0 Å². The summed E-state index contributed by atoms with van der Waals surface area (Å²) >= 11 is 6.17. The van der Waals surface area contributed by atoms with Crippen molar-refractivity contribution in [1.29, 1.82) is 0 Å². The minimum atomic E-state index is -0.184. The van der Waals surface area contributed by atoms with E-state index in [4.69, 9.17) is 11.6 Å². The molecule has 3 aromatic rings. The number of rotatable bonds is 6. The highest BCUT2D eigenvalue weighted by atomic mass is 35.5. The van der Waals surface area contributed by atoms with Crippen LogP contribution >= 0.6 is 11.6 Å². The second-order valence-electron chi connectivity index (χ2n) is 9.92. The number of amides is 2. The van der Waals surface area contributed by atoms with Crippen molar-refractivity contribution in [3.63, 3.8) is 0 Å². The average Bonchev–Trinajstić information content (AvgIpc) is 3.23. The smallest absolute Gasteiger partial charge is 0.258 e. The summed E-state index contributed by atoms with van der Waals surface area (Å²) < 4.78 is 0. The first kappa shape index (κ1) is 26.0. The summed E-state index contributed by atoms with van der Waals surface area (Å²) in [6, 6.07) is 21.1. The SMILES string of the molecule is Cc1cc(NC(=C2C(=O)Nc3cc(Cl)ccc32)c2ccccc2)ccc1N(C)C(=O)CN1CCN(C)CC1. The summed E-state index contributed by atoms with van der Waals surface area (Å²) in [5, 5.41) is 7.00. The lowest BCUT2D eigenvalue weighted by Crippen LogP contribution is -2.48. The zero-order chi connectivity index (χ0) is 26.8. The van der Waals surface area contributed by atoms with Crippen molar-refractivity contribution in [2.45, 2.75) is 6.92 Å². The molecule has 0 spiro atoms. The van der Waals surface area contributed by atoms with Crippen LogP contribution in [0.1, 0.15) is 16.7 Å². The van der Waals surface area contributed by atoms with Crippen molar-refractivity contribution in [3.05, 3.63) is 88.4 Å². The third kappa shape index (κ3) is 5.45. The Bertz CT molecular complexity index is 1400. The molecule has 0 aromatic heterocycles. The van der Waals surface area contributed by atoms with Crippen LogP contribution in [-0.2, 0) is 9.59 Å². The summed E-state index contributed by atoms with van der Waals surface area (Å²) in [6.45, 7) is 6.16. The first-order valence-electron chi connectivity index (χ1n) is 12.8. The molecule has 38 heavy (non-hydrogen) atoms. The van der Waals surface area contributed by atoms with Crippen LogP contribution in [0.15, 0.2) is 66.7 Å². The molecule has 0 aliphatic carbocycles. The quantitative estimate of drug-likeness (QED) is 0.449. The molecule has 0 unspecified atom stereocenters. The van der Waals surface area contributed by atoms with Crippen LogP contribution in [0.5, 0.6) is 0 Å². The van der Waals surface area contributed by atoms with Gasteiger partial charge in [0.15, 0.2) is 0 Å². The predicted molar refractivity (Wildman–Crippen MR) is 155 cm³/mol. The molecule has 2 N–H and O–H groups in total. The van der Waals surface area contributed by atoms with Crippen molar-refractivity contribution in [3.8, 4) is 0 Å². The Kier molecular flexibility index (Phi) is 7.51. The maximum absolute atomic E-state index is 13.1. The minimum Gasteiger partial charge on any atom is -0.354 e. The largest absolute Gasteiger partial charge is 0.354 e. The number of anilines is 3. The van der Waals surface area contributed by atoms with Crippen molar-refractivity contribution in [2.24, 2.45) is 0 Å². The molecule has 0 saturated carbocycles. The zero-order valence-corrected chi connectivity index (χ0v) is 22.7. The summed E-state index contributed by atoms with van der Waals surface area (Å²) in [6.07, 6.45) is 0. The van der Waals surface area contributed by atoms with E-state index < -0.39 is 0 Å². The molecular formula is C30H32ClN5O2. The Morgan fingerprint density at radius 3 is 2.47 bits per heavy atom. The minimum absolute atomic E-state index is 0.0725. The van der Waals surface area contributed by atoms with Gasteiger partial charge in [0.05, 0.1) is 23.5 Å². The number of hydrogen-bond donors (Lipinski definition) is 2. The fourth-order valence-electron chi connectivity index (χ4n) is 4.97. The molecule has 0 bridgehead atoms. The van der Waals surface area contributed by atoms with E-state index >= 15 is 0 Å². The second kappa shape index (κ2) is 11.0. The lowest BCUT2D eigenvalue weighted by Gasteiger charge is -2.33. The number of halogens is 1. The Morgan fingerprint density at radius 2 is 1.76 bits per heavy atom. The first-order chi connectivity index (χ1) is 18.3. The fraction of sp³-hybridized carbons (Fsp3) is 0.267. The molecule has 3 aromatic carbocycles. The molecule has 2 amide bonds. The molecule has 0 atom stereocenters. The molecule has 1 saturated heterocycles. The summed E-state index contributed by atoms with van der Waals surface area (Å²) in [7, 11) is 3.94. The van der Waals surface area contributed by atoms with E-state index in [1.807, 2.05) is 68.6 Å². The zero-order valence-electron chi connectivity index (χ0n) is 21.9. The Balaban J connectivity index is 1.42. The van der Waals surface area contributed by atoms with Crippen molar-refractivity contribution in [1.82, 2.24) is 9.80 Å². The fourth-order valence-corrected chi connectivity index (χ4v) is 5.14. The van der Waals surface area contributed by atoms with Crippen LogP contribution in [-0.4, -0.2) is 68.4 Å². The van der Waals surface area contributed by atoms with Gasteiger partial charge in [0.2, 0.25) is 5.91 Å². The average molecular weight is 530 g/mol. The van der Waals surface area contributed by atoms with Crippen LogP contribution in [0, 0.1) is 6.92 Å². The van der Waals surface area contributed by atoms with Crippen LogP contribution in [0.4, 0.5) is 17.1 Å². The van der Waals surface area contributed by atoms with Gasteiger partial charge < -0.3 is 20.4 Å². The van der Waals surface area contributed by atoms with Gasteiger partial charge in [-0.15, -0.1) is 0 Å². The van der Waals surface area contributed by atoms with Crippen molar-refractivity contribution < 1.29 is 9.59 Å². The lowest BCUT2D eigenvalue weighted by molar-refractivity contribution is -0.119. The summed E-state index contributed by atoms with van der Waals surface area (Å²) in [5.41, 5.74) is 6.30. The highest BCUT2D eigenvalue weighted by Crippen LogP contribution is 2.39. The summed E-state index contributed by atoms with van der Waals surface area (Å²) in [4.78, 5) is 32.4. The van der Waals surface area contributed by atoms with Crippen LogP contribution in [0.3, 0.4) is 0 Å². The Hall–Kier alpha value is -3.65. The number of aryl methyl sites for hydroxylation is 1. The topological polar surface area (TPSA) is 67.9 Å². The molecular weight excluding hydrogens is 498 g/mol. The number of nitrogens with zero attached hydrogens (tertiary/aromatic N) is 3. The maximum Gasteiger partial charge on any atom is 0.258 e. The third-order valence-electron chi connectivity index (χ3n) is 7.20. The van der Waals surface area contributed by atoms with Gasteiger partial charge in [-0.2, -0.15) is 0 Å². The number of carbonyl (C=O) groups excluding carboxylic acids is 2. The monoisotopic (exact) mass is 529 g/mol. The molecule has 2 aliphatic heterocycles. The van der Waals surface area contributed by atoms with Crippen molar-refractivity contribution >= 4 is 51.7 Å². The third-order valence-corrected chi connectivity index (χ3v) is 7.43. The highest BCUT2D eigenvalue weighted by molar-refractivity contribution is 6.38. The predicted octanol–water partition coefficient (Wildman–Crippen LogP) is 4.79. The Labute approximate surface area is 228 Å². The van der Waals surface area contributed by atoms with Gasteiger partial charge in [0.25, 0.3) is 5.91 Å². The molecule has 2 aliphatic rings. The number of likely N-dealkylation sites (N-methyl/N-ethyl adjacent to an activating group) is 2. The molecule has 8 heteroatoms. The van der Waals surface area contributed by atoms with Crippen LogP contribution in [0.25, 0.3) is 11.3 Å². The number of benzene rings is 3. The lowest BCUT2D eigenvalue weighted by atomic mass is 10.00.